The third-order valence-electron chi connectivity index (χ3n) is 4.35. The summed E-state index contributed by atoms with van der Waals surface area (Å²) < 4.78 is 12.8. The predicted octanol–water partition coefficient (Wildman–Crippen LogP) is 1.51. The second-order valence-corrected chi connectivity index (χ2v) is 6.60. The van der Waals surface area contributed by atoms with Crippen LogP contribution in [0.5, 0.6) is 11.5 Å². The number of hydrogen-bond acceptors (Lipinski definition) is 7. The Hall–Kier alpha value is -3.62. The lowest BCUT2D eigenvalue weighted by molar-refractivity contribution is -0.119. The van der Waals surface area contributed by atoms with Crippen LogP contribution >= 0.6 is 0 Å². The minimum Gasteiger partial charge on any atom is -0.486 e. The molecule has 0 radical (unpaired) electrons. The molecule has 1 amide bonds. The minimum absolute atomic E-state index is 0.108. The first-order valence-electron chi connectivity index (χ1n) is 9.40. The fourth-order valence-electron chi connectivity index (χ4n) is 2.96. The molecule has 1 aliphatic heterocycles. The second kappa shape index (κ2) is 8.59. The zero-order valence-electron chi connectivity index (χ0n) is 16.1. The highest BCUT2D eigenvalue weighted by Gasteiger charge is 2.12. The highest BCUT2D eigenvalue weighted by atomic mass is 16.6. The Kier molecular flexibility index (Phi) is 5.55. The largest absolute Gasteiger partial charge is 0.486 e. The van der Waals surface area contributed by atoms with Gasteiger partial charge in [-0.3, -0.25) is 9.36 Å². The summed E-state index contributed by atoms with van der Waals surface area (Å²) in [5, 5.41) is 5.95. The number of imidazole rings is 1. The summed E-state index contributed by atoms with van der Waals surface area (Å²) in [5.41, 5.74) is 1.88. The summed E-state index contributed by atoms with van der Waals surface area (Å²) >= 11 is 0. The van der Waals surface area contributed by atoms with Crippen LogP contribution in [0.15, 0.2) is 43.0 Å². The van der Waals surface area contributed by atoms with Crippen molar-refractivity contribution in [1.29, 1.82) is 0 Å². The normalized spacial score (nSPS) is 12.4. The number of anilines is 1. The minimum atomic E-state index is -0.108. The number of rotatable bonds is 7. The SMILES string of the molecule is Cc1cc(NCC(=O)NCCc2ccc3c(c2)OCCO3)nc(-n2ccnc2)n1. The van der Waals surface area contributed by atoms with E-state index in [0.29, 0.717) is 37.9 Å². The summed E-state index contributed by atoms with van der Waals surface area (Å²) in [6.07, 6.45) is 5.76. The van der Waals surface area contributed by atoms with Gasteiger partial charge in [0.1, 0.15) is 25.4 Å². The maximum absolute atomic E-state index is 12.2. The van der Waals surface area contributed by atoms with Gasteiger partial charge in [-0.2, -0.15) is 4.98 Å². The lowest BCUT2D eigenvalue weighted by Gasteiger charge is -2.18. The highest BCUT2D eigenvalue weighted by Crippen LogP contribution is 2.30. The fraction of sp³-hybridized carbons (Fsp3) is 0.300. The number of aryl methyl sites for hydroxylation is 1. The van der Waals surface area contributed by atoms with Gasteiger partial charge in [-0.15, -0.1) is 0 Å². The zero-order valence-corrected chi connectivity index (χ0v) is 16.1. The Morgan fingerprint density at radius 3 is 2.86 bits per heavy atom. The molecule has 3 heterocycles. The van der Waals surface area contributed by atoms with Crippen molar-refractivity contribution in [3.8, 4) is 17.4 Å². The molecule has 0 saturated heterocycles. The van der Waals surface area contributed by atoms with Crippen molar-refractivity contribution in [2.24, 2.45) is 0 Å². The predicted molar refractivity (Wildman–Crippen MR) is 107 cm³/mol. The van der Waals surface area contributed by atoms with E-state index in [1.165, 1.54) is 0 Å². The van der Waals surface area contributed by atoms with Crippen molar-refractivity contribution in [2.45, 2.75) is 13.3 Å². The molecule has 3 aromatic rings. The number of amides is 1. The van der Waals surface area contributed by atoms with Gasteiger partial charge in [0.2, 0.25) is 11.9 Å². The van der Waals surface area contributed by atoms with E-state index in [2.05, 4.69) is 25.6 Å². The molecule has 150 valence electrons. The first-order valence-corrected chi connectivity index (χ1v) is 9.40. The number of fused-ring (bicyclic) bond motifs is 1. The van der Waals surface area contributed by atoms with Crippen molar-refractivity contribution in [1.82, 2.24) is 24.8 Å². The quantitative estimate of drug-likeness (QED) is 0.626. The third-order valence-corrected chi connectivity index (χ3v) is 4.35. The van der Waals surface area contributed by atoms with Crippen LogP contribution in [0.25, 0.3) is 5.95 Å². The molecule has 2 N–H and O–H groups in total. The molecule has 29 heavy (non-hydrogen) atoms. The monoisotopic (exact) mass is 394 g/mol. The third kappa shape index (κ3) is 4.81. The molecule has 0 unspecified atom stereocenters. The van der Waals surface area contributed by atoms with Crippen LogP contribution in [0.4, 0.5) is 5.82 Å². The molecule has 4 rings (SSSR count). The lowest BCUT2D eigenvalue weighted by atomic mass is 10.1. The van der Waals surface area contributed by atoms with E-state index in [1.807, 2.05) is 25.1 Å². The number of nitrogens with one attached hydrogen (secondary N) is 2. The van der Waals surface area contributed by atoms with E-state index >= 15 is 0 Å². The van der Waals surface area contributed by atoms with Gasteiger partial charge in [-0.25, -0.2) is 9.97 Å². The van der Waals surface area contributed by atoms with Crippen LogP contribution in [0.2, 0.25) is 0 Å². The molecule has 1 aliphatic rings. The average molecular weight is 394 g/mol. The maximum Gasteiger partial charge on any atom is 0.239 e. The van der Waals surface area contributed by atoms with E-state index < -0.39 is 0 Å². The Balaban J connectivity index is 1.26. The lowest BCUT2D eigenvalue weighted by Crippen LogP contribution is -2.31. The Morgan fingerprint density at radius 2 is 2.03 bits per heavy atom. The highest BCUT2D eigenvalue weighted by molar-refractivity contribution is 5.80. The van der Waals surface area contributed by atoms with Gasteiger partial charge >= 0.3 is 0 Å². The van der Waals surface area contributed by atoms with E-state index in [1.54, 1.807) is 29.4 Å². The van der Waals surface area contributed by atoms with Crippen molar-refractivity contribution < 1.29 is 14.3 Å². The van der Waals surface area contributed by atoms with Gasteiger partial charge < -0.3 is 20.1 Å². The molecular formula is C20H22N6O3. The van der Waals surface area contributed by atoms with Crippen LogP contribution in [0.1, 0.15) is 11.3 Å². The smallest absolute Gasteiger partial charge is 0.239 e. The molecule has 2 aromatic heterocycles. The number of carbonyl (C=O) groups is 1. The van der Waals surface area contributed by atoms with Crippen LogP contribution in [0, 0.1) is 6.92 Å². The molecule has 0 atom stereocenters. The van der Waals surface area contributed by atoms with Crippen LogP contribution in [-0.4, -0.2) is 51.7 Å². The summed E-state index contributed by atoms with van der Waals surface area (Å²) in [6, 6.07) is 7.64. The van der Waals surface area contributed by atoms with Crippen molar-refractivity contribution >= 4 is 11.7 Å². The van der Waals surface area contributed by atoms with Crippen molar-refractivity contribution in [3.63, 3.8) is 0 Å². The van der Waals surface area contributed by atoms with E-state index in [4.69, 9.17) is 9.47 Å². The Labute approximate surface area is 168 Å². The number of aromatic nitrogens is 4. The Morgan fingerprint density at radius 1 is 1.17 bits per heavy atom. The first-order chi connectivity index (χ1) is 14.2. The van der Waals surface area contributed by atoms with Crippen LogP contribution in [0.3, 0.4) is 0 Å². The first kappa shape index (κ1) is 18.7. The van der Waals surface area contributed by atoms with E-state index in [0.717, 1.165) is 22.8 Å². The molecule has 0 bridgehead atoms. The molecule has 9 heteroatoms. The number of benzene rings is 1. The van der Waals surface area contributed by atoms with Gasteiger partial charge in [0.15, 0.2) is 11.5 Å². The summed E-state index contributed by atoms with van der Waals surface area (Å²) in [7, 11) is 0. The van der Waals surface area contributed by atoms with Crippen molar-refractivity contribution in [3.05, 3.63) is 54.2 Å². The van der Waals surface area contributed by atoms with Gasteiger partial charge in [-0.05, 0) is 31.0 Å². The van der Waals surface area contributed by atoms with Crippen LogP contribution < -0.4 is 20.1 Å². The molecule has 0 fully saturated rings. The standard InChI is InChI=1S/C20H22N6O3/c1-14-10-18(25-20(24-14)26-7-6-21-13-26)23-12-19(27)22-5-4-15-2-3-16-17(11-15)29-9-8-28-16/h2-3,6-7,10-11,13H,4-5,8-9,12H2,1H3,(H,22,27)(H,23,24,25). The number of hydrogen-bond donors (Lipinski definition) is 2. The topological polar surface area (TPSA) is 103 Å². The molecule has 0 spiro atoms. The Bertz CT molecular complexity index is 990. The van der Waals surface area contributed by atoms with Gasteiger partial charge in [0, 0.05) is 30.7 Å². The van der Waals surface area contributed by atoms with Gasteiger partial charge in [-0.1, -0.05) is 6.07 Å². The van der Waals surface area contributed by atoms with E-state index in [-0.39, 0.29) is 12.5 Å². The number of carbonyl (C=O) groups excluding carboxylic acids is 1. The van der Waals surface area contributed by atoms with Crippen LogP contribution in [-0.2, 0) is 11.2 Å². The van der Waals surface area contributed by atoms with Crippen molar-refractivity contribution in [2.75, 3.05) is 31.6 Å². The second-order valence-electron chi connectivity index (χ2n) is 6.60. The molecule has 1 aromatic carbocycles. The zero-order chi connectivity index (χ0) is 20.1. The summed E-state index contributed by atoms with van der Waals surface area (Å²) in [6.45, 7) is 3.67. The molecule has 9 nitrogen and oxygen atoms in total. The van der Waals surface area contributed by atoms with E-state index in [9.17, 15) is 4.79 Å². The van der Waals surface area contributed by atoms with Gasteiger partial charge in [0.25, 0.3) is 0 Å². The molecule has 0 aliphatic carbocycles. The summed E-state index contributed by atoms with van der Waals surface area (Å²) in [4.78, 5) is 24.9. The molecule has 0 saturated carbocycles. The average Bonchev–Trinajstić information content (AvgIpc) is 3.27. The fourth-order valence-corrected chi connectivity index (χ4v) is 2.96. The summed E-state index contributed by atoms with van der Waals surface area (Å²) in [5.74, 6) is 2.51. The maximum atomic E-state index is 12.2. The molecular weight excluding hydrogens is 372 g/mol. The number of nitrogens with zero attached hydrogens (tertiary/aromatic N) is 4. The number of ether oxygens (including phenoxy) is 2. The van der Waals surface area contributed by atoms with Gasteiger partial charge in [0.05, 0.1) is 6.54 Å².